The van der Waals surface area contributed by atoms with Crippen LogP contribution in [-0.4, -0.2) is 21.1 Å². The zero-order valence-corrected chi connectivity index (χ0v) is 19.5. The maximum Gasteiger partial charge on any atom is 0.229 e. The molecule has 6 nitrogen and oxygen atoms in total. The van der Waals surface area contributed by atoms with Crippen molar-refractivity contribution in [2.24, 2.45) is 7.05 Å². The van der Waals surface area contributed by atoms with Crippen molar-refractivity contribution in [3.05, 3.63) is 80.2 Å². The fourth-order valence-corrected chi connectivity index (χ4v) is 5.45. The van der Waals surface area contributed by atoms with Crippen molar-refractivity contribution in [1.29, 1.82) is 0 Å². The number of rotatable bonds is 3. The summed E-state index contributed by atoms with van der Waals surface area (Å²) in [5, 5.41) is 8.08. The van der Waals surface area contributed by atoms with Crippen LogP contribution in [0.1, 0.15) is 24.0 Å². The van der Waals surface area contributed by atoms with Crippen LogP contribution in [0.5, 0.6) is 0 Å². The van der Waals surface area contributed by atoms with Crippen LogP contribution in [0.3, 0.4) is 0 Å². The third-order valence-corrected chi connectivity index (χ3v) is 7.34. The smallest absolute Gasteiger partial charge is 0.229 e. The third kappa shape index (κ3) is 3.41. The second kappa shape index (κ2) is 7.55. The topological polar surface area (TPSA) is 71.8 Å². The van der Waals surface area contributed by atoms with Crippen molar-refractivity contribution < 1.29 is 0 Å². The lowest BCUT2D eigenvalue weighted by Gasteiger charge is -2.26. The van der Waals surface area contributed by atoms with Crippen molar-refractivity contribution in [2.45, 2.75) is 24.8 Å². The summed E-state index contributed by atoms with van der Waals surface area (Å²) in [6.45, 7) is 1.93. The molecule has 8 heteroatoms. The second-order valence-corrected chi connectivity index (χ2v) is 9.71. The third-order valence-electron chi connectivity index (χ3n) is 6.71. The highest BCUT2D eigenvalue weighted by molar-refractivity contribution is 6.39. The molecule has 1 spiro atoms. The molecule has 1 aliphatic carbocycles. The summed E-state index contributed by atoms with van der Waals surface area (Å²) >= 11 is 12.7. The first-order chi connectivity index (χ1) is 15.9. The molecule has 0 radical (unpaired) electrons. The van der Waals surface area contributed by atoms with Crippen LogP contribution in [0.25, 0.3) is 22.2 Å². The zero-order chi connectivity index (χ0) is 22.7. The number of hydrogen-bond donors (Lipinski definition) is 2. The Morgan fingerprint density at radius 1 is 1.15 bits per heavy atom. The summed E-state index contributed by atoms with van der Waals surface area (Å²) < 4.78 is 1.80. The maximum atomic E-state index is 13.2. The van der Waals surface area contributed by atoms with Gasteiger partial charge in [-0.15, -0.1) is 0 Å². The lowest BCUT2D eigenvalue weighted by atomic mass is 9.88. The van der Waals surface area contributed by atoms with Gasteiger partial charge in [0.25, 0.3) is 0 Å². The molecule has 2 aromatic heterocycles. The van der Waals surface area contributed by atoms with Gasteiger partial charge in [-0.3, -0.25) is 4.79 Å². The number of hydrogen-bond acceptors (Lipinski definition) is 5. The van der Waals surface area contributed by atoms with Crippen LogP contribution in [-0.2, 0) is 19.0 Å². The summed E-state index contributed by atoms with van der Waals surface area (Å²) in [6, 6.07) is 11.7. The summed E-state index contributed by atoms with van der Waals surface area (Å²) in [6.07, 6.45) is 5.78. The number of nitrogens with zero attached hydrogens (tertiary/aromatic N) is 3. The number of fused-ring (bicyclic) bond motifs is 3. The molecular weight excluding hydrogens is 457 g/mol. The molecule has 2 aliphatic rings. The predicted octanol–water partition coefficient (Wildman–Crippen LogP) is 5.18. The zero-order valence-electron chi connectivity index (χ0n) is 18.0. The fraction of sp³-hybridized carbons (Fsp3) is 0.240. The number of aryl methyl sites for hydroxylation is 1. The number of anilines is 2. The molecular formula is C25H21Cl2N5O. The molecule has 2 aromatic carbocycles. The van der Waals surface area contributed by atoms with E-state index in [1.807, 2.05) is 7.05 Å². The van der Waals surface area contributed by atoms with E-state index >= 15 is 0 Å². The molecule has 166 valence electrons. The minimum atomic E-state index is -0.209. The molecule has 4 aromatic rings. The number of pyridine rings is 1. The van der Waals surface area contributed by atoms with Crippen LogP contribution >= 0.6 is 23.2 Å². The summed E-state index contributed by atoms with van der Waals surface area (Å²) in [4.78, 5) is 22.3. The first-order valence-corrected chi connectivity index (χ1v) is 11.6. The Kier molecular flexibility index (Phi) is 4.73. The molecule has 6 rings (SSSR count). The lowest BCUT2D eigenvalue weighted by molar-refractivity contribution is 0.531. The van der Waals surface area contributed by atoms with Gasteiger partial charge in [0.2, 0.25) is 11.4 Å². The van der Waals surface area contributed by atoms with Crippen LogP contribution < -0.4 is 16.1 Å². The van der Waals surface area contributed by atoms with Gasteiger partial charge in [0.15, 0.2) is 0 Å². The van der Waals surface area contributed by atoms with Gasteiger partial charge >= 0.3 is 0 Å². The Morgan fingerprint density at radius 2 is 1.94 bits per heavy atom. The molecule has 1 saturated carbocycles. The van der Waals surface area contributed by atoms with E-state index in [1.165, 1.54) is 24.0 Å². The van der Waals surface area contributed by atoms with Gasteiger partial charge < -0.3 is 15.2 Å². The number of halogens is 2. The van der Waals surface area contributed by atoms with E-state index in [2.05, 4.69) is 38.8 Å². The number of nitrogens with one attached hydrogen (secondary N) is 2. The van der Waals surface area contributed by atoms with Crippen molar-refractivity contribution >= 4 is 45.9 Å². The van der Waals surface area contributed by atoms with E-state index in [-0.39, 0.29) is 5.43 Å². The van der Waals surface area contributed by atoms with Crippen molar-refractivity contribution in [1.82, 2.24) is 19.9 Å². The van der Waals surface area contributed by atoms with Gasteiger partial charge in [-0.05, 0) is 48.2 Å². The van der Waals surface area contributed by atoms with E-state index < -0.39 is 0 Å². The summed E-state index contributed by atoms with van der Waals surface area (Å²) in [5.41, 5.74) is 5.30. The van der Waals surface area contributed by atoms with Crippen LogP contribution in [0.4, 0.5) is 11.6 Å². The molecule has 0 saturated heterocycles. The van der Waals surface area contributed by atoms with E-state index in [0.29, 0.717) is 43.6 Å². The highest BCUT2D eigenvalue weighted by Crippen LogP contribution is 2.50. The predicted molar refractivity (Wildman–Crippen MR) is 133 cm³/mol. The molecule has 1 fully saturated rings. The van der Waals surface area contributed by atoms with Gasteiger partial charge in [-0.2, -0.15) is 4.98 Å². The Labute approximate surface area is 200 Å². The Balaban J connectivity index is 1.38. The Bertz CT molecular complexity index is 1470. The standard InChI is InChI=1S/C25H21Cl2N5O/c1-32-12-17(21-19(26)3-2-4-20(21)27)22(33)16-11-29-24(31-23(16)32)30-15-5-6-18-14(9-15)10-28-13-25(18)7-8-25/h2-6,9,11-12,28H,7-8,10,13H2,1H3,(H,29,30,31). The van der Waals surface area contributed by atoms with Gasteiger partial charge in [-0.1, -0.05) is 35.3 Å². The first kappa shape index (κ1) is 20.7. The van der Waals surface area contributed by atoms with Crippen LogP contribution in [0.15, 0.2) is 53.6 Å². The average Bonchev–Trinajstić information content (AvgIpc) is 3.57. The first-order valence-electron chi connectivity index (χ1n) is 10.9. The molecule has 0 amide bonds. The molecule has 2 N–H and O–H groups in total. The van der Waals surface area contributed by atoms with Gasteiger partial charge in [0.05, 0.1) is 15.4 Å². The van der Waals surface area contributed by atoms with E-state index in [9.17, 15) is 4.79 Å². The average molecular weight is 478 g/mol. The molecule has 3 heterocycles. The van der Waals surface area contributed by atoms with E-state index in [0.717, 1.165) is 18.8 Å². The molecule has 33 heavy (non-hydrogen) atoms. The largest absolute Gasteiger partial charge is 0.335 e. The van der Waals surface area contributed by atoms with Gasteiger partial charge in [-0.25, -0.2) is 4.98 Å². The van der Waals surface area contributed by atoms with Crippen molar-refractivity contribution in [3.63, 3.8) is 0 Å². The Hall–Kier alpha value is -2.93. The Morgan fingerprint density at radius 3 is 2.70 bits per heavy atom. The minimum absolute atomic E-state index is 0.209. The highest BCUT2D eigenvalue weighted by atomic mass is 35.5. The summed E-state index contributed by atoms with van der Waals surface area (Å²) in [5.74, 6) is 0.436. The monoisotopic (exact) mass is 477 g/mol. The SMILES string of the molecule is Cn1cc(-c2c(Cl)cccc2Cl)c(=O)c2cnc(Nc3ccc4c(c3)CNCC43CC3)nc21. The molecule has 0 atom stereocenters. The second-order valence-electron chi connectivity index (χ2n) is 8.89. The normalized spacial score (nSPS) is 16.1. The van der Waals surface area contributed by atoms with E-state index in [4.69, 9.17) is 23.2 Å². The van der Waals surface area contributed by atoms with Gasteiger partial charge in [0, 0.05) is 54.8 Å². The highest BCUT2D eigenvalue weighted by Gasteiger charge is 2.46. The lowest BCUT2D eigenvalue weighted by Crippen LogP contribution is -2.33. The van der Waals surface area contributed by atoms with Crippen LogP contribution in [0.2, 0.25) is 10.0 Å². The quantitative estimate of drug-likeness (QED) is 0.425. The fourth-order valence-electron chi connectivity index (χ4n) is 4.85. The van der Waals surface area contributed by atoms with Crippen molar-refractivity contribution in [3.8, 4) is 11.1 Å². The number of benzene rings is 2. The number of aromatic nitrogens is 3. The molecule has 1 aliphatic heterocycles. The summed E-state index contributed by atoms with van der Waals surface area (Å²) in [7, 11) is 1.84. The maximum absolute atomic E-state index is 13.2. The van der Waals surface area contributed by atoms with E-state index in [1.54, 1.807) is 35.2 Å². The minimum Gasteiger partial charge on any atom is -0.335 e. The van der Waals surface area contributed by atoms with Gasteiger partial charge in [0.1, 0.15) is 5.65 Å². The van der Waals surface area contributed by atoms with Crippen LogP contribution in [0, 0.1) is 0 Å². The molecule has 0 unspecified atom stereocenters. The van der Waals surface area contributed by atoms with Crippen molar-refractivity contribution in [2.75, 3.05) is 11.9 Å². The molecule has 0 bridgehead atoms.